The molecule has 1 aromatic carbocycles. The molecular formula is C16H17NO. The molecule has 18 heavy (non-hydrogen) atoms. The van der Waals surface area contributed by atoms with Crippen molar-refractivity contribution in [3.05, 3.63) is 65.8 Å². The van der Waals surface area contributed by atoms with Gasteiger partial charge in [-0.1, -0.05) is 42.5 Å². The molecule has 0 radical (unpaired) electrons. The van der Waals surface area contributed by atoms with Gasteiger partial charge in [0.15, 0.2) is 0 Å². The Labute approximate surface area is 108 Å². The minimum Gasteiger partial charge on any atom is -0.383 e. The lowest BCUT2D eigenvalue weighted by atomic mass is 10.1. The van der Waals surface area contributed by atoms with Crippen molar-refractivity contribution in [1.29, 1.82) is 0 Å². The molecule has 1 aliphatic carbocycles. The highest BCUT2D eigenvalue weighted by Gasteiger charge is 1.97. The van der Waals surface area contributed by atoms with Gasteiger partial charge in [-0.15, -0.1) is 0 Å². The summed E-state index contributed by atoms with van der Waals surface area (Å²) < 4.78 is 4.97. The molecule has 0 atom stereocenters. The van der Waals surface area contributed by atoms with E-state index in [-0.39, 0.29) is 0 Å². The number of hydrogen-bond donors (Lipinski definition) is 0. The van der Waals surface area contributed by atoms with Gasteiger partial charge < -0.3 is 4.74 Å². The van der Waals surface area contributed by atoms with Crippen LogP contribution in [0.1, 0.15) is 5.56 Å². The Hall–Kier alpha value is -1.93. The van der Waals surface area contributed by atoms with Crippen molar-refractivity contribution in [1.82, 2.24) is 0 Å². The summed E-state index contributed by atoms with van der Waals surface area (Å²) in [6.45, 7) is 1.37. The molecule has 0 aliphatic heterocycles. The zero-order valence-corrected chi connectivity index (χ0v) is 10.5. The van der Waals surface area contributed by atoms with Crippen molar-refractivity contribution in [2.75, 3.05) is 20.3 Å². The normalized spacial score (nSPS) is 13.8. The predicted molar refractivity (Wildman–Crippen MR) is 76.9 cm³/mol. The summed E-state index contributed by atoms with van der Waals surface area (Å²) >= 11 is 0. The summed E-state index contributed by atoms with van der Waals surface area (Å²) in [4.78, 5) is 4.41. The Morgan fingerprint density at radius 2 is 1.78 bits per heavy atom. The molecule has 2 heteroatoms. The van der Waals surface area contributed by atoms with Crippen molar-refractivity contribution < 1.29 is 4.74 Å². The number of allylic oxidation sites excluding steroid dienone is 5. The van der Waals surface area contributed by atoms with E-state index >= 15 is 0 Å². The van der Waals surface area contributed by atoms with Gasteiger partial charge in [-0.25, -0.2) is 0 Å². The largest absolute Gasteiger partial charge is 0.383 e. The van der Waals surface area contributed by atoms with Gasteiger partial charge in [-0.3, -0.25) is 4.99 Å². The highest BCUT2D eigenvalue weighted by Crippen LogP contribution is 2.12. The molecular weight excluding hydrogens is 222 g/mol. The Balaban J connectivity index is 2.01. The number of methoxy groups -OCH3 is 1. The van der Waals surface area contributed by atoms with Gasteiger partial charge in [-0.2, -0.15) is 0 Å². The molecule has 92 valence electrons. The van der Waals surface area contributed by atoms with E-state index < -0.39 is 0 Å². The van der Waals surface area contributed by atoms with Crippen molar-refractivity contribution in [2.45, 2.75) is 0 Å². The van der Waals surface area contributed by atoms with Gasteiger partial charge in [0.2, 0.25) is 0 Å². The predicted octanol–water partition coefficient (Wildman–Crippen LogP) is 3.28. The molecule has 0 N–H and O–H groups in total. The van der Waals surface area contributed by atoms with E-state index in [1.807, 2.05) is 30.4 Å². The van der Waals surface area contributed by atoms with Crippen LogP contribution in [0.15, 0.2) is 65.2 Å². The first-order valence-electron chi connectivity index (χ1n) is 6.05. The summed E-state index contributed by atoms with van der Waals surface area (Å²) in [6, 6.07) is 10.3. The molecule has 0 heterocycles. The summed E-state index contributed by atoms with van der Waals surface area (Å²) in [5, 5.41) is 0. The maximum absolute atomic E-state index is 4.97. The zero-order chi connectivity index (χ0) is 12.6. The van der Waals surface area contributed by atoms with Crippen LogP contribution in [-0.2, 0) is 4.74 Å². The van der Waals surface area contributed by atoms with Gasteiger partial charge in [0.1, 0.15) is 0 Å². The molecule has 1 aliphatic rings. The van der Waals surface area contributed by atoms with E-state index in [1.54, 1.807) is 7.11 Å². The second-order valence-corrected chi connectivity index (χ2v) is 4.02. The molecule has 0 fully saturated rings. The maximum atomic E-state index is 4.97. The number of nitrogens with zero attached hydrogens (tertiary/aromatic N) is 1. The summed E-state index contributed by atoms with van der Waals surface area (Å²) in [5.41, 5.74) is 3.39. The smallest absolute Gasteiger partial charge is 0.0658 e. The lowest BCUT2D eigenvalue weighted by Crippen LogP contribution is -1.99. The second kappa shape index (κ2) is 6.72. The molecule has 1 aromatic rings. The lowest BCUT2D eigenvalue weighted by Gasteiger charge is -2.03. The van der Waals surface area contributed by atoms with Gasteiger partial charge in [0.25, 0.3) is 0 Å². The van der Waals surface area contributed by atoms with Crippen molar-refractivity contribution in [3.63, 3.8) is 0 Å². The molecule has 0 amide bonds. The first kappa shape index (κ1) is 12.5. The van der Waals surface area contributed by atoms with Crippen LogP contribution in [0, 0.1) is 0 Å². The Bertz CT molecular complexity index is 477. The van der Waals surface area contributed by atoms with E-state index in [0.717, 1.165) is 5.71 Å². The van der Waals surface area contributed by atoms with Crippen LogP contribution in [0.5, 0.6) is 0 Å². The Morgan fingerprint density at radius 1 is 1.06 bits per heavy atom. The molecule has 2 nitrogen and oxygen atoms in total. The van der Waals surface area contributed by atoms with Crippen LogP contribution < -0.4 is 0 Å². The molecule has 2 rings (SSSR count). The van der Waals surface area contributed by atoms with Crippen molar-refractivity contribution in [2.24, 2.45) is 4.99 Å². The minimum atomic E-state index is 0.665. The van der Waals surface area contributed by atoms with E-state index in [0.29, 0.717) is 13.2 Å². The van der Waals surface area contributed by atoms with Gasteiger partial charge >= 0.3 is 0 Å². The van der Waals surface area contributed by atoms with E-state index in [4.69, 9.17) is 4.74 Å². The quantitative estimate of drug-likeness (QED) is 0.739. The highest BCUT2D eigenvalue weighted by atomic mass is 16.5. The number of ether oxygens (including phenoxy) is 1. The van der Waals surface area contributed by atoms with Crippen LogP contribution in [-0.4, -0.2) is 26.0 Å². The molecule has 0 saturated heterocycles. The molecule has 0 unspecified atom stereocenters. The van der Waals surface area contributed by atoms with Gasteiger partial charge in [0, 0.05) is 7.11 Å². The first-order chi connectivity index (χ1) is 8.88. The summed E-state index contributed by atoms with van der Waals surface area (Å²) in [6.07, 6.45) is 10.4. The van der Waals surface area contributed by atoms with Crippen molar-refractivity contribution >= 4 is 11.8 Å². The average Bonchev–Trinajstić information content (AvgIpc) is 2.42. The van der Waals surface area contributed by atoms with Crippen LogP contribution in [0.2, 0.25) is 0 Å². The third-order valence-corrected chi connectivity index (χ3v) is 2.62. The number of rotatable bonds is 4. The standard InChI is InChI=1S/C16H17NO/c1-18-12-11-17-16-9-7-15(8-10-16)13-14-5-3-2-4-6-14/h2-10,13H,11-12H2,1H3. The topological polar surface area (TPSA) is 21.6 Å². The van der Waals surface area contributed by atoms with Crippen LogP contribution in [0.4, 0.5) is 0 Å². The van der Waals surface area contributed by atoms with Crippen LogP contribution in [0.3, 0.4) is 0 Å². The van der Waals surface area contributed by atoms with E-state index in [2.05, 4.69) is 35.4 Å². The lowest BCUT2D eigenvalue weighted by molar-refractivity contribution is 0.208. The Kier molecular flexibility index (Phi) is 4.68. The molecule has 0 aromatic heterocycles. The highest BCUT2D eigenvalue weighted by molar-refractivity contribution is 6.06. The van der Waals surface area contributed by atoms with Gasteiger partial charge in [-0.05, 0) is 29.4 Å². The number of hydrogen-bond acceptors (Lipinski definition) is 2. The monoisotopic (exact) mass is 239 g/mol. The fourth-order valence-electron chi connectivity index (χ4n) is 1.68. The van der Waals surface area contributed by atoms with Crippen LogP contribution >= 0.6 is 0 Å². The zero-order valence-electron chi connectivity index (χ0n) is 10.5. The third-order valence-electron chi connectivity index (χ3n) is 2.62. The molecule has 0 spiro atoms. The average molecular weight is 239 g/mol. The Morgan fingerprint density at radius 3 is 2.44 bits per heavy atom. The second-order valence-electron chi connectivity index (χ2n) is 4.02. The molecule has 0 saturated carbocycles. The minimum absolute atomic E-state index is 0.665. The van der Waals surface area contributed by atoms with Crippen LogP contribution in [0.25, 0.3) is 6.08 Å². The SMILES string of the molecule is COCCN=C1C=CC(=Cc2ccccc2)C=C1. The van der Waals surface area contributed by atoms with E-state index in [9.17, 15) is 0 Å². The summed E-state index contributed by atoms with van der Waals surface area (Å²) in [5.74, 6) is 0. The maximum Gasteiger partial charge on any atom is 0.0658 e. The van der Waals surface area contributed by atoms with Crippen molar-refractivity contribution in [3.8, 4) is 0 Å². The number of benzene rings is 1. The fraction of sp³-hybridized carbons (Fsp3) is 0.188. The fourth-order valence-corrected chi connectivity index (χ4v) is 1.68. The summed E-state index contributed by atoms with van der Waals surface area (Å²) in [7, 11) is 1.69. The molecule has 0 bridgehead atoms. The first-order valence-corrected chi connectivity index (χ1v) is 6.05. The van der Waals surface area contributed by atoms with Gasteiger partial charge in [0.05, 0.1) is 18.9 Å². The van der Waals surface area contributed by atoms with E-state index in [1.165, 1.54) is 11.1 Å². The number of aliphatic imine (C=N–C) groups is 1. The third kappa shape index (κ3) is 3.82.